The Labute approximate surface area is 102 Å². The van der Waals surface area contributed by atoms with Gasteiger partial charge in [0.2, 0.25) is 0 Å². The largest absolute Gasteiger partial charge is 0.444 e. The maximum Gasteiger partial charge on any atom is 0.408 e. The topological polar surface area (TPSA) is 75.6 Å². The van der Waals surface area contributed by atoms with Gasteiger partial charge < -0.3 is 14.9 Å². The van der Waals surface area contributed by atoms with Gasteiger partial charge in [-0.25, -0.2) is 4.79 Å². The van der Waals surface area contributed by atoms with Crippen LogP contribution >= 0.6 is 8.03 Å². The second-order valence-corrected chi connectivity index (χ2v) is 6.33. The van der Waals surface area contributed by atoms with Crippen LogP contribution in [0.4, 0.5) is 4.79 Å². The highest BCUT2D eigenvalue weighted by Crippen LogP contribution is 2.26. The van der Waals surface area contributed by atoms with Crippen LogP contribution in [0.2, 0.25) is 0 Å². The van der Waals surface area contributed by atoms with Crippen molar-refractivity contribution in [3.63, 3.8) is 0 Å². The standard InChI is InChI=1S/C11H20NO4P/c1-11(2,3)16-10(13)12-9-5-4-8(6-9)7-17(14)15/h6,9,17H,4-5,7H2,1-3H3,(H,12,13)(H,14,15). The fourth-order valence-corrected chi connectivity index (χ4v) is 2.39. The Morgan fingerprint density at radius 2 is 2.29 bits per heavy atom. The summed E-state index contributed by atoms with van der Waals surface area (Å²) in [5, 5.41) is 2.73. The van der Waals surface area contributed by atoms with E-state index in [-0.39, 0.29) is 12.2 Å². The Balaban J connectivity index is 2.41. The predicted molar refractivity (Wildman–Crippen MR) is 66.6 cm³/mol. The Hall–Kier alpha value is -0.800. The molecule has 0 spiro atoms. The van der Waals surface area contributed by atoms with E-state index < -0.39 is 19.7 Å². The summed E-state index contributed by atoms with van der Waals surface area (Å²) in [6.45, 7) is 5.42. The molecule has 2 unspecified atom stereocenters. The minimum Gasteiger partial charge on any atom is -0.444 e. The summed E-state index contributed by atoms with van der Waals surface area (Å²) in [5.41, 5.74) is 0.434. The number of ether oxygens (including phenoxy) is 1. The first-order valence-corrected chi connectivity index (χ1v) is 7.23. The van der Waals surface area contributed by atoms with Crippen molar-refractivity contribution in [2.24, 2.45) is 0 Å². The Morgan fingerprint density at radius 1 is 1.65 bits per heavy atom. The van der Waals surface area contributed by atoms with E-state index in [1.54, 1.807) is 20.8 Å². The third-order valence-electron chi connectivity index (χ3n) is 2.29. The summed E-state index contributed by atoms with van der Waals surface area (Å²) in [4.78, 5) is 20.3. The van der Waals surface area contributed by atoms with Crippen molar-refractivity contribution in [2.75, 3.05) is 6.16 Å². The number of carbonyl (C=O) groups excluding carboxylic acids is 1. The maximum atomic E-state index is 11.5. The summed E-state index contributed by atoms with van der Waals surface area (Å²) in [7, 11) is -2.46. The highest BCUT2D eigenvalue weighted by atomic mass is 31.1. The van der Waals surface area contributed by atoms with Gasteiger partial charge >= 0.3 is 6.09 Å². The molecule has 1 aliphatic rings. The smallest absolute Gasteiger partial charge is 0.408 e. The molecule has 2 atom stereocenters. The third-order valence-corrected chi connectivity index (χ3v) is 3.05. The summed E-state index contributed by atoms with van der Waals surface area (Å²) >= 11 is 0. The van der Waals surface area contributed by atoms with E-state index in [0.717, 1.165) is 18.4 Å². The minimum atomic E-state index is -2.46. The second-order valence-electron chi connectivity index (χ2n) is 5.19. The van der Waals surface area contributed by atoms with E-state index in [1.165, 1.54) is 0 Å². The van der Waals surface area contributed by atoms with E-state index >= 15 is 0 Å². The molecule has 0 fully saturated rings. The molecule has 6 heteroatoms. The lowest BCUT2D eigenvalue weighted by Gasteiger charge is -2.21. The molecule has 0 saturated carbocycles. The predicted octanol–water partition coefficient (Wildman–Crippen LogP) is 2.07. The molecule has 0 saturated heterocycles. The zero-order valence-electron chi connectivity index (χ0n) is 10.4. The van der Waals surface area contributed by atoms with Crippen molar-refractivity contribution < 1.29 is 19.0 Å². The Bertz CT molecular complexity index is 346. The molecule has 5 nitrogen and oxygen atoms in total. The average Bonchev–Trinajstić information content (AvgIpc) is 2.46. The summed E-state index contributed by atoms with van der Waals surface area (Å²) < 4.78 is 15.8. The minimum absolute atomic E-state index is 0.0822. The number of allylic oxidation sites excluding steroid dienone is 1. The third kappa shape index (κ3) is 5.89. The number of rotatable bonds is 3. The van der Waals surface area contributed by atoms with Crippen LogP contribution in [0.5, 0.6) is 0 Å². The van der Waals surface area contributed by atoms with Gasteiger partial charge in [0.25, 0.3) is 0 Å². The Kier molecular flexibility index (Phi) is 4.78. The average molecular weight is 261 g/mol. The van der Waals surface area contributed by atoms with E-state index in [0.29, 0.717) is 0 Å². The molecule has 1 rings (SSSR count). The number of hydrogen-bond acceptors (Lipinski definition) is 3. The van der Waals surface area contributed by atoms with Crippen LogP contribution in [0, 0.1) is 0 Å². The highest BCUT2D eigenvalue weighted by molar-refractivity contribution is 7.38. The molecular weight excluding hydrogens is 241 g/mol. The monoisotopic (exact) mass is 261 g/mol. The fraction of sp³-hybridized carbons (Fsp3) is 0.727. The molecule has 0 bridgehead atoms. The quantitative estimate of drug-likeness (QED) is 0.602. The van der Waals surface area contributed by atoms with Gasteiger partial charge in [0.05, 0.1) is 6.04 Å². The van der Waals surface area contributed by atoms with Crippen molar-refractivity contribution in [2.45, 2.75) is 45.3 Å². The molecule has 0 aromatic heterocycles. The van der Waals surface area contributed by atoms with Crippen LogP contribution in [0.3, 0.4) is 0 Å². The van der Waals surface area contributed by atoms with Gasteiger partial charge in [-0.1, -0.05) is 11.6 Å². The SMILES string of the molecule is CC(C)(C)OC(=O)NC1C=C(C[PH](=O)O)CC1. The van der Waals surface area contributed by atoms with Gasteiger partial charge in [0, 0.05) is 6.16 Å². The van der Waals surface area contributed by atoms with E-state index in [4.69, 9.17) is 9.63 Å². The van der Waals surface area contributed by atoms with Crippen molar-refractivity contribution in [3.8, 4) is 0 Å². The van der Waals surface area contributed by atoms with E-state index in [9.17, 15) is 9.36 Å². The lowest BCUT2D eigenvalue weighted by Crippen LogP contribution is -2.37. The van der Waals surface area contributed by atoms with Crippen LogP contribution in [-0.2, 0) is 9.30 Å². The number of hydrogen-bond donors (Lipinski definition) is 2. The van der Waals surface area contributed by atoms with Crippen LogP contribution in [0.25, 0.3) is 0 Å². The molecule has 0 radical (unpaired) electrons. The molecule has 0 aliphatic heterocycles. The number of amides is 1. The first-order chi connectivity index (χ1) is 7.76. The lowest BCUT2D eigenvalue weighted by atomic mass is 10.2. The van der Waals surface area contributed by atoms with Crippen molar-refractivity contribution in [1.29, 1.82) is 0 Å². The molecule has 0 aromatic rings. The molecule has 0 aromatic carbocycles. The molecule has 17 heavy (non-hydrogen) atoms. The first kappa shape index (κ1) is 14.3. The molecule has 2 N–H and O–H groups in total. The van der Waals surface area contributed by atoms with Crippen LogP contribution in [0.15, 0.2) is 11.6 Å². The van der Waals surface area contributed by atoms with Crippen LogP contribution in [0.1, 0.15) is 33.6 Å². The summed E-state index contributed by atoms with van der Waals surface area (Å²) in [6.07, 6.45) is 3.16. The van der Waals surface area contributed by atoms with Crippen molar-refractivity contribution >= 4 is 14.1 Å². The van der Waals surface area contributed by atoms with Crippen LogP contribution in [-0.4, -0.2) is 28.8 Å². The molecule has 98 valence electrons. The van der Waals surface area contributed by atoms with Gasteiger partial charge in [0.1, 0.15) is 5.60 Å². The summed E-state index contributed by atoms with van der Waals surface area (Å²) in [6, 6.07) is -0.0822. The van der Waals surface area contributed by atoms with Crippen molar-refractivity contribution in [3.05, 3.63) is 11.6 Å². The second kappa shape index (κ2) is 5.69. The maximum absolute atomic E-state index is 11.5. The van der Waals surface area contributed by atoms with Gasteiger partial charge in [-0.2, -0.15) is 0 Å². The van der Waals surface area contributed by atoms with Gasteiger partial charge in [-0.3, -0.25) is 4.57 Å². The molecule has 1 amide bonds. The van der Waals surface area contributed by atoms with Crippen LogP contribution < -0.4 is 5.32 Å². The normalized spacial score (nSPS) is 21.9. The van der Waals surface area contributed by atoms with Gasteiger partial charge in [-0.15, -0.1) is 0 Å². The van der Waals surface area contributed by atoms with E-state index in [2.05, 4.69) is 5.32 Å². The Morgan fingerprint density at radius 3 is 2.82 bits per heavy atom. The molecule has 0 heterocycles. The molecule has 1 aliphatic carbocycles. The number of carbonyl (C=O) groups is 1. The van der Waals surface area contributed by atoms with Gasteiger partial charge in [-0.05, 0) is 33.6 Å². The zero-order valence-corrected chi connectivity index (χ0v) is 11.4. The molecular formula is C11H20NO4P. The number of nitrogens with one attached hydrogen (secondary N) is 1. The van der Waals surface area contributed by atoms with Crippen molar-refractivity contribution in [1.82, 2.24) is 5.32 Å². The zero-order chi connectivity index (χ0) is 13.1. The fourth-order valence-electron chi connectivity index (χ4n) is 1.71. The van der Waals surface area contributed by atoms with E-state index in [1.807, 2.05) is 6.08 Å². The first-order valence-electron chi connectivity index (χ1n) is 5.67. The van der Waals surface area contributed by atoms with Gasteiger partial charge in [0.15, 0.2) is 8.03 Å². The lowest BCUT2D eigenvalue weighted by molar-refractivity contribution is 0.0514. The number of alkyl carbamates (subject to hydrolysis) is 1. The highest BCUT2D eigenvalue weighted by Gasteiger charge is 2.22. The summed E-state index contributed by atoms with van der Waals surface area (Å²) in [5.74, 6) is 0.